The SMILES string of the molecule is COC(=O)[C@H]1CCCCN1Cc1cccc(C#N)c1. The van der Waals surface area contributed by atoms with Gasteiger partial charge in [-0.2, -0.15) is 5.26 Å². The van der Waals surface area contributed by atoms with Crippen LogP contribution in [0, 0.1) is 11.3 Å². The number of piperidine rings is 1. The Morgan fingerprint density at radius 3 is 3.11 bits per heavy atom. The Hall–Kier alpha value is -1.86. The van der Waals surface area contributed by atoms with Crippen LogP contribution in [0.15, 0.2) is 24.3 Å². The van der Waals surface area contributed by atoms with Crippen molar-refractivity contribution >= 4 is 5.97 Å². The molecule has 1 aromatic rings. The van der Waals surface area contributed by atoms with E-state index < -0.39 is 0 Å². The number of carbonyl (C=O) groups is 1. The predicted molar refractivity (Wildman–Crippen MR) is 71.2 cm³/mol. The number of benzene rings is 1. The second kappa shape index (κ2) is 6.35. The zero-order chi connectivity index (χ0) is 13.7. The van der Waals surface area contributed by atoms with Crippen LogP contribution in [-0.2, 0) is 16.1 Å². The van der Waals surface area contributed by atoms with E-state index in [1.54, 1.807) is 6.07 Å². The minimum absolute atomic E-state index is 0.149. The van der Waals surface area contributed by atoms with Gasteiger partial charge in [0, 0.05) is 6.54 Å². The van der Waals surface area contributed by atoms with Gasteiger partial charge in [0.1, 0.15) is 6.04 Å². The molecule has 100 valence electrons. The Morgan fingerprint density at radius 2 is 2.37 bits per heavy atom. The van der Waals surface area contributed by atoms with Crippen molar-refractivity contribution in [2.24, 2.45) is 0 Å². The molecule has 1 saturated heterocycles. The van der Waals surface area contributed by atoms with Crippen molar-refractivity contribution < 1.29 is 9.53 Å². The molecule has 0 aliphatic carbocycles. The van der Waals surface area contributed by atoms with Gasteiger partial charge in [-0.05, 0) is 37.1 Å². The van der Waals surface area contributed by atoms with Gasteiger partial charge in [0.2, 0.25) is 0 Å². The predicted octanol–water partition coefficient (Wildman–Crippen LogP) is 2.09. The maximum Gasteiger partial charge on any atom is 0.323 e. The Morgan fingerprint density at radius 1 is 1.53 bits per heavy atom. The number of nitriles is 1. The Balaban J connectivity index is 2.10. The molecule has 1 atom stereocenters. The molecule has 1 fully saturated rings. The van der Waals surface area contributed by atoms with Crippen molar-refractivity contribution in [1.29, 1.82) is 5.26 Å². The van der Waals surface area contributed by atoms with E-state index in [1.165, 1.54) is 7.11 Å². The summed E-state index contributed by atoms with van der Waals surface area (Å²) < 4.78 is 4.87. The molecule has 4 nitrogen and oxygen atoms in total. The fourth-order valence-electron chi connectivity index (χ4n) is 2.56. The Kier molecular flexibility index (Phi) is 4.53. The summed E-state index contributed by atoms with van der Waals surface area (Å²) in [6.07, 6.45) is 3.02. The second-order valence-electron chi connectivity index (χ2n) is 4.82. The van der Waals surface area contributed by atoms with E-state index in [0.717, 1.165) is 31.4 Å². The van der Waals surface area contributed by atoms with Crippen LogP contribution < -0.4 is 0 Å². The van der Waals surface area contributed by atoms with Crippen molar-refractivity contribution in [2.75, 3.05) is 13.7 Å². The number of ether oxygens (including phenoxy) is 1. The van der Waals surface area contributed by atoms with Crippen LogP contribution in [0.5, 0.6) is 0 Å². The van der Waals surface area contributed by atoms with Crippen LogP contribution in [-0.4, -0.2) is 30.6 Å². The van der Waals surface area contributed by atoms with Gasteiger partial charge in [-0.1, -0.05) is 18.6 Å². The lowest BCUT2D eigenvalue weighted by Gasteiger charge is -2.33. The number of likely N-dealkylation sites (tertiary alicyclic amines) is 1. The van der Waals surface area contributed by atoms with Gasteiger partial charge < -0.3 is 4.74 Å². The Bertz CT molecular complexity index is 493. The highest BCUT2D eigenvalue weighted by Gasteiger charge is 2.29. The lowest BCUT2D eigenvalue weighted by molar-refractivity contribution is -0.148. The molecule has 1 heterocycles. The maximum atomic E-state index is 11.8. The fourth-order valence-corrected chi connectivity index (χ4v) is 2.56. The van der Waals surface area contributed by atoms with Gasteiger partial charge in [-0.3, -0.25) is 9.69 Å². The summed E-state index contributed by atoms with van der Waals surface area (Å²) >= 11 is 0. The quantitative estimate of drug-likeness (QED) is 0.779. The normalized spacial score (nSPS) is 19.7. The third kappa shape index (κ3) is 3.33. The first-order chi connectivity index (χ1) is 9.24. The van der Waals surface area contributed by atoms with Crippen molar-refractivity contribution in [1.82, 2.24) is 4.90 Å². The molecule has 0 bridgehead atoms. The molecular formula is C15H18N2O2. The molecule has 1 aromatic carbocycles. The molecule has 0 saturated carbocycles. The van der Waals surface area contributed by atoms with Gasteiger partial charge in [-0.15, -0.1) is 0 Å². The van der Waals surface area contributed by atoms with Gasteiger partial charge in [0.05, 0.1) is 18.7 Å². The number of hydrogen-bond acceptors (Lipinski definition) is 4. The van der Waals surface area contributed by atoms with Crippen LogP contribution in [0.1, 0.15) is 30.4 Å². The number of esters is 1. The van der Waals surface area contributed by atoms with E-state index in [0.29, 0.717) is 12.1 Å². The van der Waals surface area contributed by atoms with Crippen molar-refractivity contribution in [3.63, 3.8) is 0 Å². The summed E-state index contributed by atoms with van der Waals surface area (Å²) in [5.41, 5.74) is 1.72. The highest BCUT2D eigenvalue weighted by atomic mass is 16.5. The molecule has 1 aliphatic heterocycles. The number of carbonyl (C=O) groups excluding carboxylic acids is 1. The van der Waals surface area contributed by atoms with E-state index >= 15 is 0 Å². The molecule has 4 heteroatoms. The zero-order valence-corrected chi connectivity index (χ0v) is 11.1. The second-order valence-corrected chi connectivity index (χ2v) is 4.82. The topological polar surface area (TPSA) is 53.3 Å². The highest BCUT2D eigenvalue weighted by molar-refractivity contribution is 5.75. The van der Waals surface area contributed by atoms with Crippen molar-refractivity contribution in [3.05, 3.63) is 35.4 Å². The van der Waals surface area contributed by atoms with E-state index in [9.17, 15) is 4.79 Å². The van der Waals surface area contributed by atoms with E-state index in [2.05, 4.69) is 11.0 Å². The summed E-state index contributed by atoms with van der Waals surface area (Å²) in [5, 5.41) is 8.91. The van der Waals surface area contributed by atoms with Crippen LogP contribution in [0.25, 0.3) is 0 Å². The first-order valence-electron chi connectivity index (χ1n) is 6.55. The number of methoxy groups -OCH3 is 1. The zero-order valence-electron chi connectivity index (χ0n) is 11.1. The summed E-state index contributed by atoms with van der Waals surface area (Å²) in [4.78, 5) is 13.9. The largest absolute Gasteiger partial charge is 0.468 e. The number of hydrogen-bond donors (Lipinski definition) is 0. The molecule has 0 unspecified atom stereocenters. The maximum absolute atomic E-state index is 11.8. The minimum atomic E-state index is -0.156. The van der Waals surface area contributed by atoms with Gasteiger partial charge in [-0.25, -0.2) is 0 Å². The smallest absolute Gasteiger partial charge is 0.323 e. The molecule has 0 N–H and O–H groups in total. The van der Waals surface area contributed by atoms with Crippen LogP contribution >= 0.6 is 0 Å². The molecule has 2 rings (SSSR count). The molecule has 1 aliphatic rings. The molecule has 0 radical (unpaired) electrons. The van der Waals surface area contributed by atoms with E-state index in [1.807, 2.05) is 18.2 Å². The van der Waals surface area contributed by atoms with E-state index in [4.69, 9.17) is 10.00 Å². The van der Waals surface area contributed by atoms with E-state index in [-0.39, 0.29) is 12.0 Å². The fraction of sp³-hybridized carbons (Fsp3) is 0.467. The average Bonchev–Trinajstić information content (AvgIpc) is 2.47. The van der Waals surface area contributed by atoms with Crippen LogP contribution in [0.2, 0.25) is 0 Å². The first kappa shape index (κ1) is 13.6. The van der Waals surface area contributed by atoms with Gasteiger partial charge in [0.25, 0.3) is 0 Å². The Labute approximate surface area is 113 Å². The molecule has 0 aromatic heterocycles. The summed E-state index contributed by atoms with van der Waals surface area (Å²) in [6.45, 7) is 1.59. The van der Waals surface area contributed by atoms with Gasteiger partial charge in [0.15, 0.2) is 0 Å². The lowest BCUT2D eigenvalue weighted by Crippen LogP contribution is -2.44. The molecule has 19 heavy (non-hydrogen) atoms. The average molecular weight is 258 g/mol. The minimum Gasteiger partial charge on any atom is -0.468 e. The van der Waals surface area contributed by atoms with Crippen molar-refractivity contribution in [3.8, 4) is 6.07 Å². The third-order valence-electron chi connectivity index (χ3n) is 3.53. The molecule has 0 spiro atoms. The van der Waals surface area contributed by atoms with Crippen LogP contribution in [0.3, 0.4) is 0 Å². The first-order valence-corrected chi connectivity index (χ1v) is 6.55. The number of nitrogens with zero attached hydrogens (tertiary/aromatic N) is 2. The highest BCUT2D eigenvalue weighted by Crippen LogP contribution is 2.20. The van der Waals surface area contributed by atoms with Gasteiger partial charge >= 0.3 is 5.97 Å². The standard InChI is InChI=1S/C15H18N2O2/c1-19-15(18)14-7-2-3-8-17(14)11-13-6-4-5-12(9-13)10-16/h4-6,9,14H,2-3,7-8,11H2,1H3/t14-/m1/s1. The number of rotatable bonds is 3. The monoisotopic (exact) mass is 258 g/mol. The summed E-state index contributed by atoms with van der Waals surface area (Å²) in [5.74, 6) is -0.156. The lowest BCUT2D eigenvalue weighted by atomic mass is 10.0. The summed E-state index contributed by atoms with van der Waals surface area (Å²) in [7, 11) is 1.44. The molecule has 0 amide bonds. The molecular weight excluding hydrogens is 240 g/mol. The van der Waals surface area contributed by atoms with Crippen LogP contribution in [0.4, 0.5) is 0 Å². The summed E-state index contributed by atoms with van der Waals surface area (Å²) in [6, 6.07) is 9.53. The van der Waals surface area contributed by atoms with Crippen molar-refractivity contribution in [2.45, 2.75) is 31.8 Å². The third-order valence-corrected chi connectivity index (χ3v) is 3.53.